The Morgan fingerprint density at radius 1 is 0.546 bits per heavy atom. The molecule has 4 heterocycles. The van der Waals surface area contributed by atoms with Crippen LogP contribution in [-0.2, 0) is 181 Å². The van der Waals surface area contributed by atoms with Gasteiger partial charge in [0.1, 0.15) is 30.7 Å². The minimum Gasteiger partial charge on any atom is -0.459 e. The molecule has 3 aliphatic rings. The number of anilines is 1. The van der Waals surface area contributed by atoms with Crippen LogP contribution in [0.5, 0.6) is 0 Å². The summed E-state index contributed by atoms with van der Waals surface area (Å²) in [6, 6.07) is 7.03. The predicted octanol–water partition coefficient (Wildman–Crippen LogP) is 6.28. The Hall–Kier alpha value is -6.73. The first kappa shape index (κ1) is 121. The molecule has 7 rings (SSSR count). The Morgan fingerprint density at radius 3 is 1.33 bits per heavy atom. The first-order valence-corrected chi connectivity index (χ1v) is 51.5. The van der Waals surface area contributed by atoms with E-state index in [2.05, 4.69) is 26.5 Å². The summed E-state index contributed by atoms with van der Waals surface area (Å²) in [5, 5.41) is 31.9. The van der Waals surface area contributed by atoms with E-state index in [0.717, 1.165) is 0 Å². The number of hydrogen-bond donors (Lipinski definition) is 6. The van der Waals surface area contributed by atoms with Crippen LogP contribution in [-0.4, -0.2) is 392 Å². The Labute approximate surface area is 825 Å². The molecule has 0 saturated heterocycles. The molecule has 0 spiro atoms. The Morgan fingerprint density at radius 2 is 0.943 bits per heavy atom. The number of benzene rings is 2. The molecular formula is C95H151FN6O37P2. The van der Waals surface area contributed by atoms with Gasteiger partial charge in [-0.1, -0.05) is 6.92 Å². The van der Waals surface area contributed by atoms with Crippen molar-refractivity contribution < 1.29 is 175 Å². The number of cyclic esters (lactones) is 1. The van der Waals surface area contributed by atoms with Gasteiger partial charge in [-0.15, -0.1) is 6.42 Å². The number of ether oxygens (including phenoxy) is 25. The van der Waals surface area contributed by atoms with Crippen LogP contribution in [0.4, 0.5) is 10.1 Å². The minimum atomic E-state index is -4.46. The number of aliphatic hydroxyl groups is 2. The number of esters is 2. The quantitative estimate of drug-likeness (QED) is 0.0108. The number of nitrogens with one attached hydrogen (secondary N) is 4. The first-order valence-electron chi connectivity index (χ1n) is 48.3. The number of aliphatic hydroxyl groups excluding tert-OH is 1. The number of carbonyl (C=O) groups is 4. The lowest BCUT2D eigenvalue weighted by Gasteiger charge is -2.31. The number of fused-ring (bicyclic) bond motifs is 5. The van der Waals surface area contributed by atoms with Crippen molar-refractivity contribution >= 4 is 55.6 Å². The highest BCUT2D eigenvalue weighted by atomic mass is 31.2. The summed E-state index contributed by atoms with van der Waals surface area (Å²) in [5.74, 6) is -3.23. The summed E-state index contributed by atoms with van der Waals surface area (Å²) in [7, 11) is -8.25. The molecule has 0 saturated carbocycles. The summed E-state index contributed by atoms with van der Waals surface area (Å²) < 4.78 is 199. The highest BCUT2D eigenvalue weighted by Gasteiger charge is 2.46. The van der Waals surface area contributed by atoms with Crippen molar-refractivity contribution in [3.63, 3.8) is 0 Å². The van der Waals surface area contributed by atoms with Crippen LogP contribution in [0.1, 0.15) is 117 Å². The van der Waals surface area contributed by atoms with Gasteiger partial charge in [0.15, 0.2) is 5.60 Å². The molecule has 2 aromatic carbocycles. The minimum absolute atomic E-state index is 0.00455. The van der Waals surface area contributed by atoms with Gasteiger partial charge in [0.05, 0.1) is 359 Å². The largest absolute Gasteiger partial charge is 0.459 e. The molecule has 0 fully saturated rings. The maximum Gasteiger partial charge on any atom is 0.406 e. The topological polar surface area (TPSA) is 484 Å². The summed E-state index contributed by atoms with van der Waals surface area (Å²) in [4.78, 5) is 72.3. The number of hydrogen-bond acceptors (Lipinski definition) is 38. The van der Waals surface area contributed by atoms with Crippen molar-refractivity contribution in [3.05, 3.63) is 91.5 Å². The van der Waals surface area contributed by atoms with Crippen LogP contribution in [0, 0.1) is 24.8 Å². The summed E-state index contributed by atoms with van der Waals surface area (Å²) >= 11 is 0. The molecule has 5 atom stereocenters. The second-order valence-corrected chi connectivity index (χ2v) is 36.4. The third-order valence-corrected chi connectivity index (χ3v) is 24.2. The Balaban J connectivity index is 0.575. The summed E-state index contributed by atoms with van der Waals surface area (Å²) in [5.41, 5.74) is 2.74. The highest BCUT2D eigenvalue weighted by Crippen LogP contribution is 2.49. The van der Waals surface area contributed by atoms with Crippen LogP contribution < -0.4 is 26.4 Å². The van der Waals surface area contributed by atoms with Gasteiger partial charge in [-0.2, -0.15) is 0 Å². The number of rotatable bonds is 90. The zero-order chi connectivity index (χ0) is 101. The molecule has 141 heavy (non-hydrogen) atoms. The number of unbranched alkanes of at least 4 members (excludes halogenated alkanes) is 2. The Kier molecular flexibility index (Phi) is 62.4. The summed E-state index contributed by atoms with van der Waals surface area (Å²) in [6.45, 7) is 28.4. The average Bonchev–Trinajstić information content (AvgIpc) is 1.56. The van der Waals surface area contributed by atoms with Gasteiger partial charge in [-0.3, -0.25) is 32.8 Å². The lowest BCUT2D eigenvalue weighted by molar-refractivity contribution is -0.172. The zero-order valence-corrected chi connectivity index (χ0v) is 84.6. The monoisotopic (exact) mass is 2050 g/mol. The van der Waals surface area contributed by atoms with E-state index in [1.54, 1.807) is 40.7 Å². The molecule has 2 amide bonds. The van der Waals surface area contributed by atoms with Gasteiger partial charge in [0.2, 0.25) is 5.91 Å². The van der Waals surface area contributed by atoms with Gasteiger partial charge in [-0.05, 0) is 120 Å². The van der Waals surface area contributed by atoms with Crippen molar-refractivity contribution in [2.45, 2.75) is 117 Å². The van der Waals surface area contributed by atoms with Crippen LogP contribution in [0.15, 0.2) is 41.2 Å². The molecule has 3 unspecified atom stereocenters. The normalized spacial score (nSPS) is 15.5. The van der Waals surface area contributed by atoms with Crippen LogP contribution in [0.3, 0.4) is 0 Å². The van der Waals surface area contributed by atoms with Crippen molar-refractivity contribution in [1.29, 1.82) is 0 Å². The lowest BCUT2D eigenvalue weighted by Crippen LogP contribution is -2.44. The fraction of sp³-hybridized carbons (Fsp3) is 0.726. The second-order valence-electron chi connectivity index (χ2n) is 32.8. The lowest BCUT2D eigenvalue weighted by atomic mass is 9.81. The standard InChI is InChI=1S/C95H151FN6O37P2/c1-8-95(109)81-69-85-89-79(71-102(85)91(106)80(81)72-135-93(95)108)88-83(18-17-78-74(3)82(96)70-84(99-89)87(78)88)98-86(104)73-138-141(111,100-75(4)92(107)139-94(5,6)7)137-21-12-10-11-19-97-90(105)76-13-15-77(16-14-76)101-140(110,9-2)136-68-67-134-66-65-133-64-63-132-62-61-131-60-59-130-58-57-129-56-55-128-54-53-127-52-51-126-50-49-125-48-47-124-46-45-123-44-43-122-42-41-121-40-39-120-38-37-119-36-35-118-34-33-117-32-31-116-30-29-115-28-27-114-26-25-113-24-23-112-22-20-103/h2,13-16,69-70,75,83,103,109H,8,10-12,17-68,71-73H2,1,3-7H3,(H,97,105)(H,98,104)(H,100,111)(H,101,110)/t75?,83-,95-,140?,141?/m0/s1. The fourth-order valence-electron chi connectivity index (χ4n) is 14.0. The molecular weight excluding hydrogens is 1900 g/mol. The molecule has 0 bridgehead atoms. The third-order valence-electron chi connectivity index (χ3n) is 21.1. The smallest absolute Gasteiger partial charge is 0.406 e. The van der Waals surface area contributed by atoms with Crippen molar-refractivity contribution in [1.82, 2.24) is 25.3 Å². The maximum absolute atomic E-state index is 15.6. The Bertz CT molecular complexity index is 4370. The maximum atomic E-state index is 15.6. The van der Waals surface area contributed by atoms with Crippen molar-refractivity contribution in [2.24, 2.45) is 0 Å². The average molecular weight is 2050 g/mol. The molecule has 43 nitrogen and oxygen atoms in total. The molecule has 1 aliphatic carbocycles. The predicted molar refractivity (Wildman–Crippen MR) is 511 cm³/mol. The van der Waals surface area contributed by atoms with Gasteiger partial charge in [0, 0.05) is 46.0 Å². The zero-order valence-electron chi connectivity index (χ0n) is 82.8. The van der Waals surface area contributed by atoms with Crippen LogP contribution in [0.2, 0.25) is 0 Å². The highest BCUT2D eigenvalue weighted by molar-refractivity contribution is 7.65. The number of nitrogens with zero attached hydrogens (tertiary/aromatic N) is 2. The van der Waals surface area contributed by atoms with E-state index in [0.29, 0.717) is 366 Å². The van der Waals surface area contributed by atoms with E-state index >= 15 is 4.39 Å². The second kappa shape index (κ2) is 72.6. The number of aryl methyl sites for hydroxylation is 1. The molecule has 46 heteroatoms. The van der Waals surface area contributed by atoms with Crippen LogP contribution in [0.25, 0.3) is 22.3 Å². The molecule has 0 radical (unpaired) electrons. The van der Waals surface area contributed by atoms with E-state index in [9.17, 15) is 38.2 Å². The molecule has 2 aliphatic heterocycles. The number of amides is 2. The fourth-order valence-corrected chi connectivity index (χ4v) is 16.4. The number of halogens is 1. The number of carbonyl (C=O) groups excluding carboxylic acids is 4. The number of pyridine rings is 2. The summed E-state index contributed by atoms with van der Waals surface area (Å²) in [6.07, 6.45) is 7.45. The number of terminal acetylenes is 1. The van der Waals surface area contributed by atoms with Gasteiger partial charge >= 0.3 is 27.2 Å². The van der Waals surface area contributed by atoms with E-state index in [1.807, 2.05) is 0 Å². The molecule has 2 aromatic heterocycles. The third kappa shape index (κ3) is 48.6. The van der Waals surface area contributed by atoms with Crippen molar-refractivity contribution in [3.8, 4) is 23.5 Å². The van der Waals surface area contributed by atoms with E-state index < -0.39 is 74.4 Å². The van der Waals surface area contributed by atoms with Gasteiger partial charge in [-0.25, -0.2) is 23.8 Å². The van der Waals surface area contributed by atoms with Gasteiger partial charge in [0.25, 0.3) is 11.5 Å². The van der Waals surface area contributed by atoms with E-state index in [-0.39, 0.29) is 88.3 Å². The molecule has 6 N–H and O–H groups in total. The van der Waals surface area contributed by atoms with Crippen LogP contribution >= 0.6 is 15.3 Å². The molecule has 800 valence electrons. The van der Waals surface area contributed by atoms with Gasteiger partial charge < -0.3 is 153 Å². The molecule has 4 aromatic rings. The van der Waals surface area contributed by atoms with Crippen molar-refractivity contribution in [2.75, 3.05) is 342 Å². The number of aromatic nitrogens is 2. The van der Waals surface area contributed by atoms with E-state index in [1.165, 1.54) is 41.8 Å². The van der Waals surface area contributed by atoms with E-state index in [4.69, 9.17) is 149 Å². The first-order chi connectivity index (χ1) is 68.5. The SMILES string of the molecule is C#CP(=O)(Nc1ccc(C(=O)NCCCCCOP(=O)(NC(C)C(=O)OC(C)(C)C)OCC(=O)N[C@H]2CCc3c(C)c(F)cc4nc5c(c2c34)Cn2c-5cc3c(c2=O)COC(=O)[C@]3(O)CC)cc1)OCCOCCOCCOCCOCCOCCOCCOCCOCCOCCOCCOCCOCCOCCOCCOCCOCCOCCOCCOCCOCCOCCOCCOCCO.